The predicted octanol–water partition coefficient (Wildman–Crippen LogP) is 8.56. The smallest absolute Gasteiger partial charge is 0.0387 e. The van der Waals surface area contributed by atoms with Crippen molar-refractivity contribution in [2.45, 2.75) is 19.3 Å². The summed E-state index contributed by atoms with van der Waals surface area (Å²) >= 11 is 0. The molecule has 32 heavy (non-hydrogen) atoms. The molecule has 0 aromatic heterocycles. The van der Waals surface area contributed by atoms with Crippen LogP contribution in [0.2, 0.25) is 0 Å². The number of hydrogen-bond donors (Lipinski definition) is 1. The molecule has 0 atom stereocenters. The molecule has 1 aliphatic carbocycles. The van der Waals surface area contributed by atoms with E-state index in [0.29, 0.717) is 0 Å². The maximum atomic E-state index is 3.61. The van der Waals surface area contributed by atoms with Gasteiger partial charge in [0.2, 0.25) is 0 Å². The topological polar surface area (TPSA) is 12.0 Å². The number of anilines is 2. The normalized spacial score (nSPS) is 13.6. The number of fused-ring (bicyclic) bond motifs is 5. The van der Waals surface area contributed by atoms with Crippen LogP contribution in [0.5, 0.6) is 0 Å². The molecular formula is C31H25N. The summed E-state index contributed by atoms with van der Waals surface area (Å²) in [6.07, 6.45) is 0. The van der Waals surface area contributed by atoms with E-state index in [1.165, 1.54) is 44.2 Å². The Morgan fingerprint density at radius 2 is 1.22 bits per heavy atom. The first-order chi connectivity index (χ1) is 15.6. The highest BCUT2D eigenvalue weighted by molar-refractivity contribution is 5.97. The standard InChI is InChI=1S/C31H25N/c1-31(2)29-20-25(32-24-15-12-22(13-16-24)21-8-4-3-5-9-21)17-19-27(29)28-18-14-23-10-6-7-11-26(23)30(28)31/h3-20,32H,1-2H3. The minimum Gasteiger partial charge on any atom is -0.356 e. The second-order valence-corrected chi connectivity index (χ2v) is 9.16. The van der Waals surface area contributed by atoms with E-state index >= 15 is 0 Å². The first-order valence-corrected chi connectivity index (χ1v) is 11.2. The summed E-state index contributed by atoms with van der Waals surface area (Å²) in [6.45, 7) is 4.70. The average molecular weight is 412 g/mol. The molecule has 0 heterocycles. The lowest BCUT2D eigenvalue weighted by Crippen LogP contribution is -2.15. The Bertz CT molecular complexity index is 1440. The van der Waals surface area contributed by atoms with Crippen molar-refractivity contribution in [3.63, 3.8) is 0 Å². The monoisotopic (exact) mass is 411 g/mol. The van der Waals surface area contributed by atoms with Crippen LogP contribution in [0.4, 0.5) is 11.4 Å². The van der Waals surface area contributed by atoms with Gasteiger partial charge in [0.05, 0.1) is 0 Å². The number of rotatable bonds is 3. The minimum absolute atomic E-state index is 0.0413. The quantitative estimate of drug-likeness (QED) is 0.313. The molecule has 1 nitrogen and oxygen atoms in total. The third-order valence-electron chi connectivity index (χ3n) is 6.82. The van der Waals surface area contributed by atoms with Crippen molar-refractivity contribution in [3.05, 3.63) is 120 Å². The lowest BCUT2D eigenvalue weighted by molar-refractivity contribution is 0.666. The zero-order chi connectivity index (χ0) is 21.7. The molecule has 154 valence electrons. The van der Waals surface area contributed by atoms with Gasteiger partial charge in [-0.1, -0.05) is 98.8 Å². The van der Waals surface area contributed by atoms with Crippen molar-refractivity contribution >= 4 is 22.1 Å². The average Bonchev–Trinajstić information content (AvgIpc) is 3.07. The lowest BCUT2D eigenvalue weighted by atomic mass is 9.80. The highest BCUT2D eigenvalue weighted by Gasteiger charge is 2.36. The third kappa shape index (κ3) is 2.93. The Kier molecular flexibility index (Phi) is 4.19. The largest absolute Gasteiger partial charge is 0.356 e. The van der Waals surface area contributed by atoms with Crippen molar-refractivity contribution in [3.8, 4) is 22.3 Å². The van der Waals surface area contributed by atoms with Crippen LogP contribution in [0.15, 0.2) is 109 Å². The maximum Gasteiger partial charge on any atom is 0.0387 e. The Hall–Kier alpha value is -3.84. The number of benzene rings is 5. The van der Waals surface area contributed by atoms with Crippen molar-refractivity contribution in [1.29, 1.82) is 0 Å². The van der Waals surface area contributed by atoms with Gasteiger partial charge in [0, 0.05) is 16.8 Å². The summed E-state index contributed by atoms with van der Waals surface area (Å²) < 4.78 is 0. The van der Waals surface area contributed by atoms with Gasteiger partial charge < -0.3 is 5.32 Å². The van der Waals surface area contributed by atoms with Crippen LogP contribution in [0.3, 0.4) is 0 Å². The highest BCUT2D eigenvalue weighted by Crippen LogP contribution is 2.51. The zero-order valence-corrected chi connectivity index (χ0v) is 18.4. The summed E-state index contributed by atoms with van der Waals surface area (Å²) in [5.41, 5.74) is 10.2. The van der Waals surface area contributed by atoms with Gasteiger partial charge in [-0.2, -0.15) is 0 Å². The second kappa shape index (κ2) is 7.10. The molecule has 6 rings (SSSR count). The van der Waals surface area contributed by atoms with E-state index in [1.54, 1.807) is 0 Å². The van der Waals surface area contributed by atoms with E-state index in [9.17, 15) is 0 Å². The molecule has 0 unspecified atom stereocenters. The Labute approximate surface area is 189 Å². The van der Waals surface area contributed by atoms with Crippen LogP contribution in [0, 0.1) is 0 Å². The molecule has 5 aromatic rings. The minimum atomic E-state index is -0.0413. The summed E-state index contributed by atoms with van der Waals surface area (Å²) in [4.78, 5) is 0. The fraction of sp³-hybridized carbons (Fsp3) is 0.0968. The lowest BCUT2D eigenvalue weighted by Gasteiger charge is -2.23. The van der Waals surface area contributed by atoms with Crippen molar-refractivity contribution in [1.82, 2.24) is 0 Å². The van der Waals surface area contributed by atoms with Gasteiger partial charge in [-0.3, -0.25) is 0 Å². The van der Waals surface area contributed by atoms with E-state index < -0.39 is 0 Å². The molecule has 0 amide bonds. The van der Waals surface area contributed by atoms with Gasteiger partial charge in [0.1, 0.15) is 0 Å². The van der Waals surface area contributed by atoms with Crippen LogP contribution >= 0.6 is 0 Å². The zero-order valence-electron chi connectivity index (χ0n) is 18.4. The van der Waals surface area contributed by atoms with Crippen LogP contribution in [-0.2, 0) is 5.41 Å². The molecule has 0 saturated carbocycles. The van der Waals surface area contributed by atoms with Crippen LogP contribution in [-0.4, -0.2) is 0 Å². The molecular weight excluding hydrogens is 386 g/mol. The summed E-state index contributed by atoms with van der Waals surface area (Å²) in [7, 11) is 0. The molecule has 0 aliphatic heterocycles. The first-order valence-electron chi connectivity index (χ1n) is 11.2. The Morgan fingerprint density at radius 3 is 2.03 bits per heavy atom. The van der Waals surface area contributed by atoms with Crippen LogP contribution < -0.4 is 5.32 Å². The highest BCUT2D eigenvalue weighted by atomic mass is 14.9. The van der Waals surface area contributed by atoms with Crippen LogP contribution in [0.25, 0.3) is 33.0 Å². The van der Waals surface area contributed by atoms with E-state index in [0.717, 1.165) is 11.4 Å². The summed E-state index contributed by atoms with van der Waals surface area (Å²) in [5, 5.41) is 6.28. The molecule has 0 bridgehead atoms. The molecule has 1 aliphatic rings. The SMILES string of the molecule is CC1(C)c2cc(Nc3ccc(-c4ccccc4)cc3)ccc2-c2ccc3ccccc3c21. The van der Waals surface area contributed by atoms with Crippen molar-refractivity contribution in [2.75, 3.05) is 5.32 Å². The third-order valence-corrected chi connectivity index (χ3v) is 6.82. The Morgan fingerprint density at radius 1 is 0.562 bits per heavy atom. The fourth-order valence-corrected chi connectivity index (χ4v) is 5.22. The van der Waals surface area contributed by atoms with Crippen LogP contribution in [0.1, 0.15) is 25.0 Å². The number of nitrogens with one attached hydrogen (secondary N) is 1. The van der Waals surface area contributed by atoms with Gasteiger partial charge in [0.25, 0.3) is 0 Å². The molecule has 1 N–H and O–H groups in total. The van der Waals surface area contributed by atoms with Gasteiger partial charge >= 0.3 is 0 Å². The number of hydrogen-bond acceptors (Lipinski definition) is 1. The molecule has 0 spiro atoms. The van der Waals surface area contributed by atoms with Gasteiger partial charge in [-0.15, -0.1) is 0 Å². The first kappa shape index (κ1) is 18.9. The van der Waals surface area contributed by atoms with Gasteiger partial charge in [0.15, 0.2) is 0 Å². The molecule has 5 aromatic carbocycles. The summed E-state index contributed by atoms with van der Waals surface area (Å²) in [6, 6.07) is 39.2. The fourth-order valence-electron chi connectivity index (χ4n) is 5.22. The molecule has 1 heteroatoms. The Balaban J connectivity index is 1.35. The second-order valence-electron chi connectivity index (χ2n) is 9.16. The predicted molar refractivity (Wildman–Crippen MR) is 137 cm³/mol. The van der Waals surface area contributed by atoms with Crippen molar-refractivity contribution < 1.29 is 0 Å². The van der Waals surface area contributed by atoms with E-state index in [1.807, 2.05) is 0 Å². The van der Waals surface area contributed by atoms with Gasteiger partial charge in [-0.05, 0) is 68.4 Å². The van der Waals surface area contributed by atoms with E-state index in [2.05, 4.69) is 128 Å². The molecule has 0 radical (unpaired) electrons. The maximum absolute atomic E-state index is 3.61. The van der Waals surface area contributed by atoms with E-state index in [4.69, 9.17) is 0 Å². The van der Waals surface area contributed by atoms with E-state index in [-0.39, 0.29) is 5.41 Å². The molecule has 0 fully saturated rings. The van der Waals surface area contributed by atoms with Gasteiger partial charge in [-0.25, -0.2) is 0 Å². The van der Waals surface area contributed by atoms with Crippen molar-refractivity contribution in [2.24, 2.45) is 0 Å². The molecule has 0 saturated heterocycles. The summed E-state index contributed by atoms with van der Waals surface area (Å²) in [5.74, 6) is 0.